The SMILES string of the molecule is CC1(C)OB(c2ccc(Br)c(F)n2)OC1(C)C. The van der Waals surface area contributed by atoms with Crippen molar-refractivity contribution in [1.82, 2.24) is 4.98 Å². The minimum absolute atomic E-state index is 0.331. The molecule has 0 N–H and O–H groups in total. The summed E-state index contributed by atoms with van der Waals surface area (Å²) in [4.78, 5) is 3.82. The highest BCUT2D eigenvalue weighted by atomic mass is 79.9. The molecule has 92 valence electrons. The summed E-state index contributed by atoms with van der Waals surface area (Å²) in [7, 11) is -0.623. The van der Waals surface area contributed by atoms with Gasteiger partial charge in [0.2, 0.25) is 5.95 Å². The first-order chi connectivity index (χ1) is 7.73. The molecule has 0 amide bonds. The molecule has 0 radical (unpaired) electrons. The third kappa shape index (κ3) is 2.26. The zero-order valence-corrected chi connectivity index (χ0v) is 11.8. The molecule has 1 saturated heterocycles. The summed E-state index contributed by atoms with van der Waals surface area (Å²) in [5.41, 5.74) is -0.435. The van der Waals surface area contributed by atoms with Crippen LogP contribution in [0.5, 0.6) is 0 Å². The third-order valence-corrected chi connectivity index (χ3v) is 3.91. The fourth-order valence-corrected chi connectivity index (χ4v) is 1.75. The molecule has 3 nitrogen and oxygen atoms in total. The maximum atomic E-state index is 13.3. The topological polar surface area (TPSA) is 31.4 Å². The first kappa shape index (κ1) is 13.0. The van der Waals surface area contributed by atoms with E-state index in [4.69, 9.17) is 9.31 Å². The Morgan fingerprint density at radius 1 is 1.18 bits per heavy atom. The van der Waals surface area contributed by atoms with Crippen LogP contribution in [0.15, 0.2) is 16.6 Å². The predicted molar refractivity (Wildman–Crippen MR) is 67.6 cm³/mol. The van der Waals surface area contributed by atoms with Gasteiger partial charge in [-0.15, -0.1) is 0 Å². The second-order valence-corrected chi connectivity index (χ2v) is 5.95. The zero-order valence-electron chi connectivity index (χ0n) is 10.3. The fraction of sp³-hybridized carbons (Fsp3) is 0.545. The van der Waals surface area contributed by atoms with Crippen LogP contribution in [0.1, 0.15) is 27.7 Å². The lowest BCUT2D eigenvalue weighted by Gasteiger charge is -2.32. The van der Waals surface area contributed by atoms with Gasteiger partial charge in [0.15, 0.2) is 0 Å². The Hall–Kier alpha value is -0.455. The van der Waals surface area contributed by atoms with E-state index in [9.17, 15) is 4.39 Å². The number of halogens is 2. The maximum Gasteiger partial charge on any atom is 0.514 e. The largest absolute Gasteiger partial charge is 0.514 e. The molecule has 17 heavy (non-hydrogen) atoms. The second kappa shape index (κ2) is 4.04. The molecule has 6 heteroatoms. The van der Waals surface area contributed by atoms with Crippen molar-refractivity contribution in [3.8, 4) is 0 Å². The molecule has 1 aliphatic heterocycles. The van der Waals surface area contributed by atoms with Crippen LogP contribution in [0.4, 0.5) is 4.39 Å². The van der Waals surface area contributed by atoms with E-state index in [0.29, 0.717) is 10.1 Å². The van der Waals surface area contributed by atoms with Crippen molar-refractivity contribution in [2.75, 3.05) is 0 Å². The first-order valence-electron chi connectivity index (χ1n) is 5.40. The van der Waals surface area contributed by atoms with E-state index in [1.165, 1.54) is 0 Å². The van der Waals surface area contributed by atoms with Gasteiger partial charge >= 0.3 is 7.12 Å². The smallest absolute Gasteiger partial charge is 0.398 e. The van der Waals surface area contributed by atoms with Crippen molar-refractivity contribution in [1.29, 1.82) is 0 Å². The predicted octanol–water partition coefficient (Wildman–Crippen LogP) is 2.28. The van der Waals surface area contributed by atoms with Gasteiger partial charge in [0.1, 0.15) is 0 Å². The Bertz CT molecular complexity index is 437. The van der Waals surface area contributed by atoms with Gasteiger partial charge in [-0.05, 0) is 55.8 Å². The van der Waals surface area contributed by atoms with Crippen LogP contribution in [-0.4, -0.2) is 23.3 Å². The van der Waals surface area contributed by atoms with Gasteiger partial charge in [-0.1, -0.05) is 0 Å². The number of rotatable bonds is 1. The van der Waals surface area contributed by atoms with E-state index in [2.05, 4.69) is 20.9 Å². The number of pyridine rings is 1. The Balaban J connectivity index is 2.29. The molecule has 0 bridgehead atoms. The van der Waals surface area contributed by atoms with Gasteiger partial charge < -0.3 is 9.31 Å². The molecule has 1 aromatic rings. The highest BCUT2D eigenvalue weighted by molar-refractivity contribution is 9.10. The average molecular weight is 302 g/mol. The molecule has 2 heterocycles. The summed E-state index contributed by atoms with van der Waals surface area (Å²) >= 11 is 3.06. The number of hydrogen-bond acceptors (Lipinski definition) is 3. The van der Waals surface area contributed by atoms with Crippen LogP contribution >= 0.6 is 15.9 Å². The molecule has 0 aromatic carbocycles. The number of nitrogens with zero attached hydrogens (tertiary/aromatic N) is 1. The molecule has 1 aromatic heterocycles. The van der Waals surface area contributed by atoms with E-state index in [1.807, 2.05) is 27.7 Å². The maximum absolute atomic E-state index is 13.3. The summed E-state index contributed by atoms with van der Waals surface area (Å²) in [6, 6.07) is 3.29. The molecule has 1 fully saturated rings. The molecular formula is C11H14BBrFNO2. The summed E-state index contributed by atoms with van der Waals surface area (Å²) in [5, 5.41) is 0. The van der Waals surface area contributed by atoms with Crippen LogP contribution in [0.25, 0.3) is 0 Å². The van der Waals surface area contributed by atoms with Gasteiger partial charge in [-0.3, -0.25) is 0 Å². The van der Waals surface area contributed by atoms with Gasteiger partial charge in [0.25, 0.3) is 0 Å². The van der Waals surface area contributed by atoms with E-state index >= 15 is 0 Å². The van der Waals surface area contributed by atoms with Crippen molar-refractivity contribution >= 4 is 28.6 Å². The van der Waals surface area contributed by atoms with E-state index in [1.54, 1.807) is 12.1 Å². The lowest BCUT2D eigenvalue weighted by molar-refractivity contribution is 0.00578. The Morgan fingerprint density at radius 2 is 1.71 bits per heavy atom. The van der Waals surface area contributed by atoms with Crippen LogP contribution in [0.2, 0.25) is 0 Å². The molecule has 2 rings (SSSR count). The van der Waals surface area contributed by atoms with Gasteiger partial charge in [-0.2, -0.15) is 4.39 Å². The van der Waals surface area contributed by atoms with Gasteiger partial charge in [-0.25, -0.2) is 4.98 Å². The van der Waals surface area contributed by atoms with Crippen LogP contribution in [-0.2, 0) is 9.31 Å². The second-order valence-electron chi connectivity index (χ2n) is 5.10. The minimum Gasteiger partial charge on any atom is -0.398 e. The monoisotopic (exact) mass is 301 g/mol. The van der Waals surface area contributed by atoms with Crippen molar-refractivity contribution in [2.24, 2.45) is 0 Å². The number of hydrogen-bond donors (Lipinski definition) is 0. The molecule has 1 aliphatic rings. The Labute approximate surface area is 109 Å². The van der Waals surface area contributed by atoms with Crippen molar-refractivity contribution in [2.45, 2.75) is 38.9 Å². The van der Waals surface area contributed by atoms with Crippen LogP contribution in [0, 0.1) is 5.95 Å². The number of aromatic nitrogens is 1. The average Bonchev–Trinajstić information content (AvgIpc) is 2.41. The summed E-state index contributed by atoms with van der Waals surface area (Å²) in [5.74, 6) is -0.558. The molecule has 0 aliphatic carbocycles. The summed E-state index contributed by atoms with van der Waals surface area (Å²) in [6.45, 7) is 7.79. The lowest BCUT2D eigenvalue weighted by atomic mass is 9.84. The van der Waals surface area contributed by atoms with E-state index < -0.39 is 24.3 Å². The molecule has 0 saturated carbocycles. The van der Waals surface area contributed by atoms with Crippen molar-refractivity contribution in [3.63, 3.8) is 0 Å². The molecular weight excluding hydrogens is 288 g/mol. The first-order valence-corrected chi connectivity index (χ1v) is 6.20. The van der Waals surface area contributed by atoms with Gasteiger partial charge in [0, 0.05) is 0 Å². The van der Waals surface area contributed by atoms with Gasteiger partial charge in [0.05, 0.1) is 21.3 Å². The molecule has 0 spiro atoms. The quantitative estimate of drug-likeness (QED) is 0.589. The Morgan fingerprint density at radius 3 is 2.18 bits per heavy atom. The Kier molecular flexibility index (Phi) is 3.08. The lowest BCUT2D eigenvalue weighted by Crippen LogP contribution is -2.41. The van der Waals surface area contributed by atoms with E-state index in [0.717, 1.165) is 0 Å². The standard InChI is InChI=1S/C11H14BBrFNO2/c1-10(2)11(3,4)17-12(16-10)8-6-5-7(13)9(14)15-8/h5-6H,1-4H3. The zero-order chi connectivity index (χ0) is 12.8. The van der Waals surface area contributed by atoms with Crippen LogP contribution < -0.4 is 5.59 Å². The third-order valence-electron chi connectivity index (χ3n) is 3.32. The van der Waals surface area contributed by atoms with E-state index in [-0.39, 0.29) is 0 Å². The molecule has 0 unspecified atom stereocenters. The van der Waals surface area contributed by atoms with Crippen molar-refractivity contribution < 1.29 is 13.7 Å². The van der Waals surface area contributed by atoms with Crippen molar-refractivity contribution in [3.05, 3.63) is 22.6 Å². The highest BCUT2D eigenvalue weighted by Crippen LogP contribution is 2.36. The molecule has 0 atom stereocenters. The fourth-order valence-electron chi connectivity index (χ4n) is 1.53. The summed E-state index contributed by atoms with van der Waals surface area (Å²) in [6.07, 6.45) is 0. The minimum atomic E-state index is -0.623. The van der Waals surface area contributed by atoms with Crippen LogP contribution in [0.3, 0.4) is 0 Å². The normalized spacial score (nSPS) is 21.9. The highest BCUT2D eigenvalue weighted by Gasteiger charge is 2.52. The summed E-state index contributed by atoms with van der Waals surface area (Å²) < 4.78 is 25.2.